The molecular formula is C12H25N3O3. The Morgan fingerprint density at radius 3 is 2.61 bits per heavy atom. The number of piperazine rings is 1. The van der Waals surface area contributed by atoms with Gasteiger partial charge in [-0.3, -0.25) is 4.79 Å². The number of nitrogens with one attached hydrogen (secondary N) is 1. The number of rotatable bonds is 7. The summed E-state index contributed by atoms with van der Waals surface area (Å²) in [6.45, 7) is 4.39. The number of carbonyl (C=O) groups is 1. The van der Waals surface area contributed by atoms with E-state index in [0.29, 0.717) is 19.6 Å². The zero-order chi connectivity index (χ0) is 13.4. The van der Waals surface area contributed by atoms with Gasteiger partial charge in [0.1, 0.15) is 0 Å². The molecule has 6 heteroatoms. The minimum Gasteiger partial charge on any atom is -0.396 e. The van der Waals surface area contributed by atoms with Crippen molar-refractivity contribution in [1.29, 1.82) is 0 Å². The number of nitrogens with zero attached hydrogens (tertiary/aromatic N) is 2. The van der Waals surface area contributed by atoms with Gasteiger partial charge in [-0.2, -0.15) is 0 Å². The summed E-state index contributed by atoms with van der Waals surface area (Å²) in [7, 11) is 3.68. The predicted octanol–water partition coefficient (Wildman–Crippen LogP) is -1.25. The maximum atomic E-state index is 12.0. The number of likely N-dealkylation sites (N-methyl/N-ethyl adjacent to an activating group) is 1. The topological polar surface area (TPSA) is 65.0 Å². The van der Waals surface area contributed by atoms with Crippen molar-refractivity contribution in [3.05, 3.63) is 0 Å². The molecule has 106 valence electrons. The molecule has 1 saturated heterocycles. The maximum absolute atomic E-state index is 12.0. The molecule has 18 heavy (non-hydrogen) atoms. The van der Waals surface area contributed by atoms with Crippen molar-refractivity contribution >= 4 is 5.91 Å². The highest BCUT2D eigenvalue weighted by Crippen LogP contribution is 2.00. The summed E-state index contributed by atoms with van der Waals surface area (Å²) in [5.41, 5.74) is 0. The largest absolute Gasteiger partial charge is 0.396 e. The van der Waals surface area contributed by atoms with Crippen LogP contribution in [0.15, 0.2) is 0 Å². The lowest BCUT2D eigenvalue weighted by atomic mass is 10.2. The van der Waals surface area contributed by atoms with Crippen molar-refractivity contribution in [2.75, 3.05) is 60.1 Å². The van der Waals surface area contributed by atoms with Crippen molar-refractivity contribution in [2.24, 2.45) is 0 Å². The fourth-order valence-corrected chi connectivity index (χ4v) is 2.00. The molecule has 0 spiro atoms. The summed E-state index contributed by atoms with van der Waals surface area (Å²) in [6, 6.07) is 0.0383. The van der Waals surface area contributed by atoms with Crippen LogP contribution in [0.25, 0.3) is 0 Å². The molecule has 0 aromatic heterocycles. The standard InChI is InChI=1S/C12H25N3O3/c1-14-4-6-15(7-5-14)12(17)9-13-11(3-8-16)10-18-2/h11,13,16H,3-10H2,1-2H3. The molecule has 0 saturated carbocycles. The van der Waals surface area contributed by atoms with E-state index in [4.69, 9.17) is 9.84 Å². The Morgan fingerprint density at radius 2 is 2.06 bits per heavy atom. The van der Waals surface area contributed by atoms with Gasteiger partial charge in [-0.25, -0.2) is 0 Å². The van der Waals surface area contributed by atoms with Crippen LogP contribution < -0.4 is 5.32 Å². The Bertz CT molecular complexity index is 237. The summed E-state index contributed by atoms with van der Waals surface area (Å²) >= 11 is 0. The van der Waals surface area contributed by atoms with E-state index in [1.807, 2.05) is 4.90 Å². The third-order valence-electron chi connectivity index (χ3n) is 3.24. The summed E-state index contributed by atoms with van der Waals surface area (Å²) in [4.78, 5) is 16.1. The van der Waals surface area contributed by atoms with Crippen molar-refractivity contribution in [3.8, 4) is 0 Å². The van der Waals surface area contributed by atoms with E-state index in [9.17, 15) is 4.79 Å². The van der Waals surface area contributed by atoms with Gasteiger partial charge in [-0.05, 0) is 13.5 Å². The SMILES string of the molecule is COCC(CCO)NCC(=O)N1CCN(C)CC1. The molecule has 0 aliphatic carbocycles. The fourth-order valence-electron chi connectivity index (χ4n) is 2.00. The van der Waals surface area contributed by atoms with Crippen LogP contribution in [0.3, 0.4) is 0 Å². The lowest BCUT2D eigenvalue weighted by Gasteiger charge is -2.32. The van der Waals surface area contributed by atoms with Crippen LogP contribution in [-0.2, 0) is 9.53 Å². The number of hydrogen-bond acceptors (Lipinski definition) is 5. The van der Waals surface area contributed by atoms with Crippen LogP contribution in [0, 0.1) is 0 Å². The number of aliphatic hydroxyl groups excluding tert-OH is 1. The maximum Gasteiger partial charge on any atom is 0.236 e. The lowest BCUT2D eigenvalue weighted by molar-refractivity contribution is -0.132. The van der Waals surface area contributed by atoms with E-state index in [1.54, 1.807) is 7.11 Å². The molecule has 6 nitrogen and oxygen atoms in total. The van der Waals surface area contributed by atoms with E-state index < -0.39 is 0 Å². The second-order valence-corrected chi connectivity index (χ2v) is 4.73. The van der Waals surface area contributed by atoms with Gasteiger partial charge in [-0.15, -0.1) is 0 Å². The highest BCUT2D eigenvalue weighted by Gasteiger charge is 2.19. The minimum absolute atomic E-state index is 0.0383. The first kappa shape index (κ1) is 15.4. The van der Waals surface area contributed by atoms with Gasteiger partial charge in [-0.1, -0.05) is 0 Å². The first-order chi connectivity index (χ1) is 8.67. The zero-order valence-electron chi connectivity index (χ0n) is 11.4. The summed E-state index contributed by atoms with van der Waals surface area (Å²) < 4.78 is 5.04. The molecule has 1 fully saturated rings. The Morgan fingerprint density at radius 1 is 1.39 bits per heavy atom. The van der Waals surface area contributed by atoms with Crippen molar-refractivity contribution in [1.82, 2.24) is 15.1 Å². The third kappa shape index (κ3) is 5.30. The predicted molar refractivity (Wildman–Crippen MR) is 69.4 cm³/mol. The Labute approximate surface area is 109 Å². The summed E-state index contributed by atoms with van der Waals surface area (Å²) in [5.74, 6) is 0.127. The molecule has 2 N–H and O–H groups in total. The van der Waals surface area contributed by atoms with Crippen LogP contribution in [0.1, 0.15) is 6.42 Å². The van der Waals surface area contributed by atoms with Crippen LogP contribution >= 0.6 is 0 Å². The third-order valence-corrected chi connectivity index (χ3v) is 3.24. The first-order valence-electron chi connectivity index (χ1n) is 6.47. The van der Waals surface area contributed by atoms with E-state index in [0.717, 1.165) is 26.2 Å². The second-order valence-electron chi connectivity index (χ2n) is 4.73. The molecule has 1 atom stereocenters. The highest BCUT2D eigenvalue weighted by molar-refractivity contribution is 5.78. The molecule has 1 heterocycles. The molecule has 1 rings (SSSR count). The molecule has 0 aromatic carbocycles. The van der Waals surface area contributed by atoms with Crippen molar-refractivity contribution in [3.63, 3.8) is 0 Å². The van der Waals surface area contributed by atoms with Gasteiger partial charge in [0.05, 0.1) is 13.2 Å². The van der Waals surface area contributed by atoms with Crippen molar-refractivity contribution < 1.29 is 14.6 Å². The minimum atomic E-state index is 0.0383. The Balaban J connectivity index is 2.26. The van der Waals surface area contributed by atoms with E-state index in [-0.39, 0.29) is 18.6 Å². The number of hydrogen-bond donors (Lipinski definition) is 2. The Kier molecular flexibility index (Phi) is 7.19. The van der Waals surface area contributed by atoms with Gasteiger partial charge in [0, 0.05) is 45.9 Å². The van der Waals surface area contributed by atoms with Crippen LogP contribution in [-0.4, -0.2) is 87.0 Å². The molecule has 0 aromatic rings. The summed E-state index contributed by atoms with van der Waals surface area (Å²) in [5, 5.41) is 12.1. The molecular weight excluding hydrogens is 234 g/mol. The molecule has 0 radical (unpaired) electrons. The van der Waals surface area contributed by atoms with Gasteiger partial charge in [0.25, 0.3) is 0 Å². The van der Waals surface area contributed by atoms with Crippen molar-refractivity contribution in [2.45, 2.75) is 12.5 Å². The first-order valence-corrected chi connectivity index (χ1v) is 6.47. The van der Waals surface area contributed by atoms with Gasteiger partial charge >= 0.3 is 0 Å². The monoisotopic (exact) mass is 259 g/mol. The molecule has 1 aliphatic rings. The molecule has 1 aliphatic heterocycles. The number of amides is 1. The van der Waals surface area contributed by atoms with E-state index in [2.05, 4.69) is 17.3 Å². The second kappa shape index (κ2) is 8.42. The van der Waals surface area contributed by atoms with Gasteiger partial charge in [0.15, 0.2) is 0 Å². The van der Waals surface area contributed by atoms with E-state index >= 15 is 0 Å². The number of aliphatic hydroxyl groups is 1. The number of ether oxygens (including phenoxy) is 1. The molecule has 1 unspecified atom stereocenters. The normalized spacial score (nSPS) is 18.9. The summed E-state index contributed by atoms with van der Waals surface area (Å²) in [6.07, 6.45) is 0.601. The number of carbonyl (C=O) groups excluding carboxylic acids is 1. The van der Waals surface area contributed by atoms with Crippen LogP contribution in [0.5, 0.6) is 0 Å². The molecule has 0 bridgehead atoms. The van der Waals surface area contributed by atoms with Gasteiger partial charge in [0.2, 0.25) is 5.91 Å². The Hall–Kier alpha value is -0.690. The van der Waals surface area contributed by atoms with Crippen LogP contribution in [0.2, 0.25) is 0 Å². The zero-order valence-corrected chi connectivity index (χ0v) is 11.4. The average molecular weight is 259 g/mol. The highest BCUT2D eigenvalue weighted by atomic mass is 16.5. The van der Waals surface area contributed by atoms with Gasteiger partial charge < -0.3 is 25.0 Å². The lowest BCUT2D eigenvalue weighted by Crippen LogP contribution is -2.50. The fraction of sp³-hybridized carbons (Fsp3) is 0.917. The molecule has 1 amide bonds. The quantitative estimate of drug-likeness (QED) is 0.598. The number of methoxy groups -OCH3 is 1. The van der Waals surface area contributed by atoms with Crippen LogP contribution in [0.4, 0.5) is 0 Å². The van der Waals surface area contributed by atoms with E-state index in [1.165, 1.54) is 0 Å². The smallest absolute Gasteiger partial charge is 0.236 e. The average Bonchev–Trinajstić information content (AvgIpc) is 2.37.